The van der Waals surface area contributed by atoms with E-state index in [1.807, 2.05) is 0 Å². The van der Waals surface area contributed by atoms with Crippen molar-refractivity contribution in [3.05, 3.63) is 44.8 Å². The van der Waals surface area contributed by atoms with Gasteiger partial charge in [0, 0.05) is 6.07 Å². The predicted molar refractivity (Wildman–Crippen MR) is 117 cm³/mol. The number of hydrogen-bond donors (Lipinski definition) is 1. The minimum Gasteiger partial charge on any atom is -0.273 e. The molecule has 1 saturated heterocycles. The van der Waals surface area contributed by atoms with Crippen LogP contribution in [-0.2, 0) is 9.59 Å². The van der Waals surface area contributed by atoms with Crippen LogP contribution in [0.3, 0.4) is 0 Å². The van der Waals surface area contributed by atoms with E-state index in [1.54, 1.807) is 18.2 Å². The minimum absolute atomic E-state index is 0.0830. The Balaban J connectivity index is 1.36. The first kappa shape index (κ1) is 19.7. The van der Waals surface area contributed by atoms with Gasteiger partial charge < -0.3 is 0 Å². The number of amides is 2. The number of carbonyl (C=O) groups excluding carboxylic acids is 2. The van der Waals surface area contributed by atoms with Gasteiger partial charge in [0.25, 0.3) is 11.6 Å². The molecule has 1 N–H and O–H groups in total. The van der Waals surface area contributed by atoms with E-state index in [0.717, 1.165) is 36.0 Å². The van der Waals surface area contributed by atoms with Crippen LogP contribution in [0.15, 0.2) is 29.2 Å². The second-order valence-corrected chi connectivity index (χ2v) is 10.6. The van der Waals surface area contributed by atoms with Crippen molar-refractivity contribution in [1.82, 2.24) is 10.4 Å². The van der Waals surface area contributed by atoms with E-state index in [0.29, 0.717) is 23.3 Å². The van der Waals surface area contributed by atoms with E-state index in [-0.39, 0.29) is 26.2 Å². The number of thiocarbonyl (C=S) groups is 1. The molecule has 9 heteroatoms. The van der Waals surface area contributed by atoms with Crippen LogP contribution in [0.1, 0.15) is 44.1 Å². The first-order valence-corrected chi connectivity index (χ1v) is 11.4. The van der Waals surface area contributed by atoms with Crippen LogP contribution < -0.4 is 5.43 Å². The summed E-state index contributed by atoms with van der Waals surface area (Å²) in [7, 11) is 0. The number of thioether (sulfide) groups is 1. The maximum Gasteiger partial charge on any atom is 0.285 e. The fourth-order valence-corrected chi connectivity index (χ4v) is 7.26. The average molecular weight is 444 g/mol. The molecule has 7 nitrogen and oxygen atoms in total. The summed E-state index contributed by atoms with van der Waals surface area (Å²) in [6.45, 7) is 0. The summed E-state index contributed by atoms with van der Waals surface area (Å²) in [6.07, 6.45) is 7.84. The van der Waals surface area contributed by atoms with Crippen molar-refractivity contribution in [2.45, 2.75) is 38.5 Å². The summed E-state index contributed by atoms with van der Waals surface area (Å²) >= 11 is 6.38. The molecule has 1 aromatic rings. The highest BCUT2D eigenvalue weighted by Crippen LogP contribution is 2.60. The molecule has 0 spiro atoms. The Morgan fingerprint density at radius 1 is 1.20 bits per heavy atom. The zero-order chi connectivity index (χ0) is 21.0. The summed E-state index contributed by atoms with van der Waals surface area (Å²) in [4.78, 5) is 37.2. The lowest BCUT2D eigenvalue weighted by atomic mass is 9.49. The molecule has 0 radical (unpaired) electrons. The average Bonchev–Trinajstić information content (AvgIpc) is 2.94. The monoisotopic (exact) mass is 443 g/mol. The SMILES string of the molecule is O=C1/C(=C/c2ccccc2[N+](=O)[O-])SC(=S)N1NC(=O)C12CC3CC(CC(C3)C1)C2. The molecule has 0 atom stereocenters. The first-order chi connectivity index (χ1) is 14.3. The minimum atomic E-state index is -0.485. The second kappa shape index (κ2) is 7.16. The van der Waals surface area contributed by atoms with Crippen molar-refractivity contribution in [2.75, 3.05) is 0 Å². The van der Waals surface area contributed by atoms with Crippen molar-refractivity contribution < 1.29 is 14.5 Å². The van der Waals surface area contributed by atoms with E-state index in [2.05, 4.69) is 5.43 Å². The maximum absolute atomic E-state index is 13.3. The maximum atomic E-state index is 13.3. The van der Waals surface area contributed by atoms with E-state index in [4.69, 9.17) is 12.2 Å². The van der Waals surface area contributed by atoms with E-state index in [9.17, 15) is 19.7 Å². The third kappa shape index (κ3) is 3.24. The summed E-state index contributed by atoms with van der Waals surface area (Å²) in [6, 6.07) is 6.22. The van der Waals surface area contributed by atoms with Crippen LogP contribution in [0, 0.1) is 33.3 Å². The fraction of sp³-hybridized carbons (Fsp3) is 0.476. The molecule has 1 heterocycles. The molecule has 4 bridgehead atoms. The van der Waals surface area contributed by atoms with Crippen LogP contribution in [0.4, 0.5) is 5.69 Å². The quantitative estimate of drug-likeness (QED) is 0.327. The van der Waals surface area contributed by atoms with Crippen molar-refractivity contribution >= 4 is 51.9 Å². The number of nitro benzene ring substituents is 1. The predicted octanol–water partition coefficient (Wildman–Crippen LogP) is 4.04. The lowest BCUT2D eigenvalue weighted by Crippen LogP contribution is -2.57. The van der Waals surface area contributed by atoms with Crippen LogP contribution in [0.5, 0.6) is 0 Å². The van der Waals surface area contributed by atoms with Gasteiger partial charge in [-0.1, -0.05) is 23.9 Å². The molecule has 0 unspecified atom stereocenters. The smallest absolute Gasteiger partial charge is 0.273 e. The van der Waals surface area contributed by atoms with Gasteiger partial charge in [0.15, 0.2) is 4.32 Å². The van der Waals surface area contributed by atoms with Gasteiger partial charge >= 0.3 is 0 Å². The molecular formula is C21H21N3O4S2. The molecule has 4 aliphatic carbocycles. The Morgan fingerprint density at radius 3 is 2.40 bits per heavy atom. The molecule has 5 fully saturated rings. The van der Waals surface area contributed by atoms with Gasteiger partial charge in [-0.15, -0.1) is 0 Å². The zero-order valence-electron chi connectivity index (χ0n) is 16.2. The van der Waals surface area contributed by atoms with Crippen LogP contribution in [-0.4, -0.2) is 26.1 Å². The Hall–Kier alpha value is -2.26. The fourth-order valence-electron chi connectivity index (χ4n) is 6.09. The molecule has 156 valence electrons. The van der Waals surface area contributed by atoms with Crippen LogP contribution >= 0.6 is 24.0 Å². The number of hydrazine groups is 1. The molecule has 4 saturated carbocycles. The topological polar surface area (TPSA) is 92.5 Å². The van der Waals surface area contributed by atoms with Crippen molar-refractivity contribution in [2.24, 2.45) is 23.2 Å². The number of nitrogens with zero attached hydrogens (tertiary/aromatic N) is 2. The zero-order valence-corrected chi connectivity index (χ0v) is 17.8. The second-order valence-electron chi connectivity index (χ2n) is 8.97. The molecule has 0 aromatic heterocycles. The number of benzene rings is 1. The summed E-state index contributed by atoms with van der Waals surface area (Å²) in [5.41, 5.74) is 2.65. The van der Waals surface area contributed by atoms with Gasteiger partial charge in [-0.3, -0.25) is 25.1 Å². The van der Waals surface area contributed by atoms with Gasteiger partial charge in [-0.2, -0.15) is 5.01 Å². The largest absolute Gasteiger partial charge is 0.285 e. The highest BCUT2D eigenvalue weighted by atomic mass is 32.2. The summed E-state index contributed by atoms with van der Waals surface area (Å²) in [5, 5.41) is 12.4. The highest BCUT2D eigenvalue weighted by Gasteiger charge is 2.55. The van der Waals surface area contributed by atoms with E-state index >= 15 is 0 Å². The standard InChI is InChI=1S/C21H21N3O4S2/c25-18-17(8-15-3-1-2-4-16(15)24(27)28)30-20(29)23(18)22-19(26)21-9-12-5-13(10-21)7-14(6-12)11-21/h1-4,8,12-14H,5-7,9-11H2,(H,22,26)/b17-8-. The molecule has 6 rings (SSSR count). The third-order valence-electron chi connectivity index (χ3n) is 6.95. The van der Waals surface area contributed by atoms with Gasteiger partial charge in [-0.25, -0.2) is 0 Å². The van der Waals surface area contributed by atoms with Gasteiger partial charge in [0.2, 0.25) is 5.91 Å². The normalized spacial score (nSPS) is 33.4. The highest BCUT2D eigenvalue weighted by molar-refractivity contribution is 8.26. The Labute approximate surface area is 183 Å². The summed E-state index contributed by atoms with van der Waals surface area (Å²) < 4.78 is 0.239. The van der Waals surface area contributed by atoms with Gasteiger partial charge in [0.05, 0.1) is 20.8 Å². The molecule has 5 aliphatic rings. The van der Waals surface area contributed by atoms with E-state index < -0.39 is 10.8 Å². The van der Waals surface area contributed by atoms with Crippen molar-refractivity contribution in [3.8, 4) is 0 Å². The molecular weight excluding hydrogens is 422 g/mol. The van der Waals surface area contributed by atoms with Crippen LogP contribution in [0.2, 0.25) is 0 Å². The molecule has 1 aromatic carbocycles. The molecule has 2 amide bonds. The summed E-state index contributed by atoms with van der Waals surface area (Å²) in [5.74, 6) is 1.30. The number of nitro groups is 1. The Morgan fingerprint density at radius 2 is 1.80 bits per heavy atom. The first-order valence-electron chi connectivity index (χ1n) is 10.2. The van der Waals surface area contributed by atoms with Crippen LogP contribution in [0.25, 0.3) is 6.08 Å². The van der Waals surface area contributed by atoms with Crippen molar-refractivity contribution in [1.29, 1.82) is 0 Å². The number of carbonyl (C=O) groups is 2. The molecule has 30 heavy (non-hydrogen) atoms. The number of nitrogens with one attached hydrogen (secondary N) is 1. The van der Waals surface area contributed by atoms with Crippen molar-refractivity contribution in [3.63, 3.8) is 0 Å². The Bertz CT molecular complexity index is 970. The lowest BCUT2D eigenvalue weighted by molar-refractivity contribution is -0.385. The van der Waals surface area contributed by atoms with Gasteiger partial charge in [-0.05, 0) is 80.6 Å². The number of hydrogen-bond acceptors (Lipinski definition) is 6. The molecule has 1 aliphatic heterocycles. The number of para-hydroxylation sites is 1. The van der Waals surface area contributed by atoms with Gasteiger partial charge in [0.1, 0.15) is 0 Å². The number of rotatable bonds is 4. The third-order valence-corrected chi connectivity index (χ3v) is 8.25. The Kier molecular flexibility index (Phi) is 4.70. The van der Waals surface area contributed by atoms with E-state index in [1.165, 1.54) is 31.4 Å². The lowest BCUT2D eigenvalue weighted by Gasteiger charge is -2.55.